The number of nitrogens with zero attached hydrogens (tertiary/aromatic N) is 2. The van der Waals surface area contributed by atoms with Gasteiger partial charge in [0, 0.05) is 17.6 Å². The van der Waals surface area contributed by atoms with Crippen molar-refractivity contribution in [2.24, 2.45) is 0 Å². The second-order valence-corrected chi connectivity index (χ2v) is 7.78. The molecule has 1 aliphatic heterocycles. The van der Waals surface area contributed by atoms with Crippen molar-refractivity contribution in [1.29, 1.82) is 0 Å². The topological polar surface area (TPSA) is 81.5 Å². The summed E-state index contributed by atoms with van der Waals surface area (Å²) >= 11 is 1.11. The van der Waals surface area contributed by atoms with Crippen molar-refractivity contribution >= 4 is 34.3 Å². The lowest BCUT2D eigenvalue weighted by Gasteiger charge is -2.25. The zero-order valence-electron chi connectivity index (χ0n) is 16.6. The van der Waals surface area contributed by atoms with Gasteiger partial charge in [-0.2, -0.15) is 8.75 Å². The average molecular weight is 430 g/mol. The minimum Gasteiger partial charge on any atom is -0.497 e. The summed E-state index contributed by atoms with van der Waals surface area (Å²) in [5.74, 6) is -1.75. The van der Waals surface area contributed by atoms with Crippen LogP contribution in [0.3, 0.4) is 0 Å². The lowest BCUT2D eigenvalue weighted by molar-refractivity contribution is -0.185. The molecular formula is C24H18N2O4S. The number of aromatic nitrogens is 2. The Morgan fingerprint density at radius 3 is 2.61 bits per heavy atom. The maximum absolute atomic E-state index is 13.1. The number of carbonyl (C=O) groups is 1. The number of esters is 1. The van der Waals surface area contributed by atoms with Crippen LogP contribution >= 0.6 is 11.7 Å². The first-order valence-electron chi connectivity index (χ1n) is 9.69. The zero-order valence-corrected chi connectivity index (χ0v) is 17.4. The number of cyclic esters (lactones) is 1. The minimum atomic E-state index is -1.87. The molecular weight excluding hydrogens is 412 g/mol. The molecule has 1 N–H and O–H groups in total. The first kappa shape index (κ1) is 19.4. The van der Waals surface area contributed by atoms with Crippen LogP contribution in [0.15, 0.2) is 78.4 Å². The monoisotopic (exact) mass is 430 g/mol. The van der Waals surface area contributed by atoms with Crippen molar-refractivity contribution in [2.75, 3.05) is 7.11 Å². The van der Waals surface area contributed by atoms with Gasteiger partial charge < -0.3 is 14.6 Å². The lowest BCUT2D eigenvalue weighted by Crippen LogP contribution is -2.29. The molecule has 0 bridgehead atoms. The summed E-state index contributed by atoms with van der Waals surface area (Å²) in [6, 6.07) is 21.9. The van der Waals surface area contributed by atoms with Gasteiger partial charge in [-0.3, -0.25) is 0 Å². The van der Waals surface area contributed by atoms with Crippen LogP contribution in [0.4, 0.5) is 0 Å². The molecule has 31 heavy (non-hydrogen) atoms. The number of hydrogen-bond acceptors (Lipinski definition) is 7. The highest BCUT2D eigenvalue weighted by molar-refractivity contribution is 7.00. The summed E-state index contributed by atoms with van der Waals surface area (Å²) in [6.07, 6.45) is 0.303. The fraction of sp³-hybridized carbons (Fsp3) is 0.125. The third kappa shape index (κ3) is 3.37. The molecule has 1 atom stereocenters. The molecule has 0 aliphatic carbocycles. The average Bonchev–Trinajstić information content (AvgIpc) is 3.36. The molecule has 1 aromatic heterocycles. The van der Waals surface area contributed by atoms with Gasteiger partial charge in [0.15, 0.2) is 0 Å². The minimum absolute atomic E-state index is 0.303. The van der Waals surface area contributed by atoms with Crippen molar-refractivity contribution in [3.05, 3.63) is 95.1 Å². The van der Waals surface area contributed by atoms with Gasteiger partial charge in [-0.15, -0.1) is 0 Å². The van der Waals surface area contributed by atoms with E-state index in [1.807, 2.05) is 42.5 Å². The molecule has 1 unspecified atom stereocenters. The van der Waals surface area contributed by atoms with E-state index in [0.29, 0.717) is 40.0 Å². The van der Waals surface area contributed by atoms with Crippen molar-refractivity contribution in [1.82, 2.24) is 8.75 Å². The summed E-state index contributed by atoms with van der Waals surface area (Å²) in [5.41, 5.74) is 4.27. The highest BCUT2D eigenvalue weighted by Gasteiger charge is 2.48. The number of aliphatic hydroxyl groups is 1. The van der Waals surface area contributed by atoms with Gasteiger partial charge in [-0.05, 0) is 35.4 Å². The van der Waals surface area contributed by atoms with E-state index < -0.39 is 11.8 Å². The van der Waals surface area contributed by atoms with Gasteiger partial charge in [0.1, 0.15) is 16.8 Å². The van der Waals surface area contributed by atoms with Crippen molar-refractivity contribution in [3.63, 3.8) is 0 Å². The Morgan fingerprint density at radius 1 is 1.00 bits per heavy atom. The number of benzene rings is 3. The van der Waals surface area contributed by atoms with E-state index in [0.717, 1.165) is 22.8 Å². The van der Waals surface area contributed by atoms with Crippen LogP contribution in [-0.4, -0.2) is 26.9 Å². The molecule has 5 rings (SSSR count). The summed E-state index contributed by atoms with van der Waals surface area (Å²) < 4.78 is 19.5. The summed E-state index contributed by atoms with van der Waals surface area (Å²) in [4.78, 5) is 13.1. The molecule has 2 heterocycles. The quantitative estimate of drug-likeness (QED) is 0.480. The lowest BCUT2D eigenvalue weighted by atomic mass is 9.88. The Bertz CT molecular complexity index is 1320. The van der Waals surface area contributed by atoms with Crippen LogP contribution in [0, 0.1) is 0 Å². The molecule has 4 aromatic rings. The van der Waals surface area contributed by atoms with Crippen molar-refractivity contribution < 1.29 is 19.4 Å². The Hall–Kier alpha value is -3.55. The van der Waals surface area contributed by atoms with Crippen LogP contribution in [0.2, 0.25) is 0 Å². The molecule has 0 saturated heterocycles. The highest BCUT2D eigenvalue weighted by Crippen LogP contribution is 2.45. The number of fused-ring (bicyclic) bond motifs is 1. The molecule has 1 aliphatic rings. The van der Waals surface area contributed by atoms with Crippen LogP contribution in [0.25, 0.3) is 16.6 Å². The van der Waals surface area contributed by atoms with Gasteiger partial charge in [0.2, 0.25) is 0 Å². The summed E-state index contributed by atoms with van der Waals surface area (Å²) in [5, 5.41) is 11.6. The number of rotatable bonds is 5. The zero-order chi connectivity index (χ0) is 21.4. The third-order valence-electron chi connectivity index (χ3n) is 5.38. The maximum atomic E-state index is 13.1. The SMILES string of the molecule is COc1cccc(CC2=C(c3ccc4nsnc4c3)C(=O)OC2(O)c2ccccc2)c1. The Morgan fingerprint density at radius 2 is 1.81 bits per heavy atom. The normalized spacial score (nSPS) is 18.5. The van der Waals surface area contributed by atoms with Crippen molar-refractivity contribution in [3.8, 4) is 5.75 Å². The molecule has 0 spiro atoms. The van der Waals surface area contributed by atoms with E-state index in [4.69, 9.17) is 9.47 Å². The molecule has 7 heteroatoms. The maximum Gasteiger partial charge on any atom is 0.342 e. The Kier molecular flexibility index (Phi) is 4.77. The fourth-order valence-electron chi connectivity index (χ4n) is 3.86. The molecule has 0 saturated carbocycles. The van der Waals surface area contributed by atoms with Crippen LogP contribution in [-0.2, 0) is 21.7 Å². The summed E-state index contributed by atoms with van der Waals surface area (Å²) in [6.45, 7) is 0. The molecule has 3 aromatic carbocycles. The van der Waals surface area contributed by atoms with Gasteiger partial charge in [0.25, 0.3) is 5.79 Å². The van der Waals surface area contributed by atoms with E-state index in [1.54, 1.807) is 37.4 Å². The largest absolute Gasteiger partial charge is 0.497 e. The fourth-order valence-corrected chi connectivity index (χ4v) is 4.38. The van der Waals surface area contributed by atoms with Crippen LogP contribution in [0.1, 0.15) is 16.7 Å². The molecule has 0 radical (unpaired) electrons. The van der Waals surface area contributed by atoms with Gasteiger partial charge in [-0.25, -0.2) is 4.79 Å². The smallest absolute Gasteiger partial charge is 0.342 e. The van der Waals surface area contributed by atoms with Crippen LogP contribution in [0.5, 0.6) is 5.75 Å². The molecule has 154 valence electrons. The van der Waals surface area contributed by atoms with E-state index >= 15 is 0 Å². The summed E-state index contributed by atoms with van der Waals surface area (Å²) in [7, 11) is 1.60. The van der Waals surface area contributed by atoms with Gasteiger partial charge in [0.05, 0.1) is 24.4 Å². The second kappa shape index (κ2) is 7.61. The molecule has 6 nitrogen and oxygen atoms in total. The first-order valence-corrected chi connectivity index (χ1v) is 10.4. The van der Waals surface area contributed by atoms with E-state index in [2.05, 4.69) is 8.75 Å². The van der Waals surface area contributed by atoms with Gasteiger partial charge >= 0.3 is 5.97 Å². The van der Waals surface area contributed by atoms with E-state index in [1.165, 1.54) is 0 Å². The Labute approximate surface area is 182 Å². The predicted octanol–water partition coefficient (Wildman–Crippen LogP) is 4.10. The molecule has 0 fully saturated rings. The highest BCUT2D eigenvalue weighted by atomic mass is 32.1. The number of ether oxygens (including phenoxy) is 2. The second-order valence-electron chi connectivity index (χ2n) is 7.25. The third-order valence-corrected chi connectivity index (χ3v) is 5.93. The predicted molar refractivity (Wildman–Crippen MR) is 117 cm³/mol. The van der Waals surface area contributed by atoms with E-state index in [-0.39, 0.29) is 0 Å². The van der Waals surface area contributed by atoms with E-state index in [9.17, 15) is 9.90 Å². The Balaban J connectivity index is 1.70. The number of methoxy groups -OCH3 is 1. The standard InChI is InChI=1S/C24H18N2O4S/c1-29-18-9-5-6-15(12-18)13-19-22(16-10-11-20-21(14-16)26-31-25-20)23(27)30-24(19,28)17-7-3-2-4-8-17/h2-12,14,28H,13H2,1H3. The van der Waals surface area contributed by atoms with Crippen molar-refractivity contribution in [2.45, 2.75) is 12.2 Å². The molecule has 0 amide bonds. The van der Waals surface area contributed by atoms with Gasteiger partial charge in [-0.1, -0.05) is 48.5 Å². The number of hydrogen-bond donors (Lipinski definition) is 1. The van der Waals surface area contributed by atoms with Crippen LogP contribution < -0.4 is 4.74 Å². The first-order chi connectivity index (χ1) is 15.1. The number of carbonyl (C=O) groups excluding carboxylic acids is 1.